The van der Waals surface area contributed by atoms with Crippen molar-refractivity contribution in [2.45, 2.75) is 0 Å². The fourth-order valence-electron chi connectivity index (χ4n) is 7.28. The monoisotopic (exact) mass is 627 g/mol. The highest BCUT2D eigenvalue weighted by molar-refractivity contribution is 6.13. The summed E-state index contributed by atoms with van der Waals surface area (Å²) in [5.74, 6) is 0. The normalized spacial score (nSPS) is 11.7. The van der Waals surface area contributed by atoms with Gasteiger partial charge in [-0.1, -0.05) is 127 Å². The van der Waals surface area contributed by atoms with Gasteiger partial charge in [-0.15, -0.1) is 0 Å². The molecule has 2 heterocycles. The van der Waals surface area contributed by atoms with Crippen LogP contribution in [0, 0.1) is 0 Å². The highest BCUT2D eigenvalue weighted by Gasteiger charge is 2.21. The van der Waals surface area contributed by atoms with Crippen LogP contribution in [0.5, 0.6) is 0 Å². The maximum atomic E-state index is 6.89. The molecule has 49 heavy (non-hydrogen) atoms. The van der Waals surface area contributed by atoms with E-state index in [1.807, 2.05) is 18.2 Å². The largest absolute Gasteiger partial charge is 0.456 e. The van der Waals surface area contributed by atoms with Crippen molar-refractivity contribution in [2.75, 3.05) is 4.90 Å². The van der Waals surface area contributed by atoms with Crippen molar-refractivity contribution in [1.29, 1.82) is 0 Å². The summed E-state index contributed by atoms with van der Waals surface area (Å²) in [6.07, 6.45) is 0. The van der Waals surface area contributed by atoms with Crippen LogP contribution >= 0.6 is 0 Å². The van der Waals surface area contributed by atoms with Crippen molar-refractivity contribution in [2.24, 2.45) is 0 Å². The number of fused-ring (bicyclic) bond motifs is 7. The van der Waals surface area contributed by atoms with E-state index in [2.05, 4.69) is 163 Å². The number of rotatable bonds is 5. The first-order valence-electron chi connectivity index (χ1n) is 16.6. The molecule has 10 aromatic rings. The lowest BCUT2D eigenvalue weighted by atomic mass is 10.0. The molecular formula is C46H29NO2. The summed E-state index contributed by atoms with van der Waals surface area (Å²) in [5, 5.41) is 6.86. The highest BCUT2D eigenvalue weighted by atomic mass is 16.3. The van der Waals surface area contributed by atoms with Crippen molar-refractivity contribution in [3.8, 4) is 22.3 Å². The average molecular weight is 628 g/mol. The molecule has 0 N–H and O–H groups in total. The summed E-state index contributed by atoms with van der Waals surface area (Å²) in [7, 11) is 0. The number of hydrogen-bond donors (Lipinski definition) is 0. The molecule has 0 unspecified atom stereocenters. The van der Waals surface area contributed by atoms with Gasteiger partial charge in [-0.05, 0) is 76.0 Å². The Balaban J connectivity index is 1.14. The second-order valence-corrected chi connectivity index (χ2v) is 12.5. The quantitative estimate of drug-likeness (QED) is 0.190. The summed E-state index contributed by atoms with van der Waals surface area (Å²) in [6.45, 7) is 0. The third-order valence-corrected chi connectivity index (χ3v) is 9.66. The summed E-state index contributed by atoms with van der Waals surface area (Å²) in [6, 6.07) is 62.0. The van der Waals surface area contributed by atoms with Crippen molar-refractivity contribution < 1.29 is 8.83 Å². The lowest BCUT2D eigenvalue weighted by Crippen LogP contribution is -2.10. The van der Waals surface area contributed by atoms with Crippen LogP contribution < -0.4 is 4.90 Å². The SMILES string of the molecule is c1ccc(-c2cccc3c2oc2c(N(c4ccc(-c5ccc6c(c5)oc5ccccc56)cc4)c4ccc5ccccc5c4)cccc23)cc1. The number of nitrogens with zero attached hydrogens (tertiary/aromatic N) is 1. The fraction of sp³-hybridized carbons (Fsp3) is 0. The standard InChI is InChI=1S/C46H29NO2/c1-2-11-32(12-3-1)37-15-8-16-40-41-17-9-18-42(46(41)49-45(37)40)47(36-26-22-30-10-4-5-13-33(30)28-36)35-24-20-31(21-25-35)34-23-27-39-38-14-6-7-19-43(38)48-44(39)29-34/h1-29H. The van der Waals surface area contributed by atoms with E-state index < -0.39 is 0 Å². The molecule has 2 aromatic heterocycles. The molecule has 0 saturated carbocycles. The number of furan rings is 2. The Morgan fingerprint density at radius 1 is 0.347 bits per heavy atom. The van der Waals surface area contributed by atoms with Gasteiger partial charge in [0.2, 0.25) is 0 Å². The van der Waals surface area contributed by atoms with Crippen molar-refractivity contribution in [3.05, 3.63) is 176 Å². The van der Waals surface area contributed by atoms with Crippen molar-refractivity contribution in [1.82, 2.24) is 0 Å². The maximum absolute atomic E-state index is 6.89. The van der Waals surface area contributed by atoms with E-state index in [0.717, 1.165) is 83.2 Å². The van der Waals surface area contributed by atoms with E-state index in [-0.39, 0.29) is 0 Å². The number of hydrogen-bond acceptors (Lipinski definition) is 3. The lowest BCUT2D eigenvalue weighted by molar-refractivity contribution is 0.669. The van der Waals surface area contributed by atoms with Gasteiger partial charge in [0, 0.05) is 38.5 Å². The third kappa shape index (κ3) is 4.51. The molecule has 0 atom stereocenters. The van der Waals surface area contributed by atoms with Crippen LogP contribution in [0.3, 0.4) is 0 Å². The molecule has 0 fully saturated rings. The molecule has 3 heteroatoms. The van der Waals surface area contributed by atoms with Crippen molar-refractivity contribution >= 4 is 71.7 Å². The van der Waals surface area contributed by atoms with Crippen LogP contribution in [0.4, 0.5) is 17.1 Å². The molecule has 0 bridgehead atoms. The van der Waals surface area contributed by atoms with Crippen LogP contribution in [-0.4, -0.2) is 0 Å². The zero-order valence-corrected chi connectivity index (χ0v) is 26.5. The molecule has 0 saturated heterocycles. The average Bonchev–Trinajstić information content (AvgIpc) is 3.74. The molecule has 0 radical (unpaired) electrons. The Bertz CT molecular complexity index is 2830. The summed E-state index contributed by atoms with van der Waals surface area (Å²) >= 11 is 0. The summed E-state index contributed by atoms with van der Waals surface area (Å²) in [5.41, 5.74) is 11.1. The fourth-order valence-corrected chi connectivity index (χ4v) is 7.28. The van der Waals surface area contributed by atoms with E-state index in [1.54, 1.807) is 0 Å². The topological polar surface area (TPSA) is 29.5 Å². The van der Waals surface area contributed by atoms with Gasteiger partial charge < -0.3 is 13.7 Å². The van der Waals surface area contributed by atoms with Crippen LogP contribution in [0.15, 0.2) is 185 Å². The summed E-state index contributed by atoms with van der Waals surface area (Å²) in [4.78, 5) is 2.31. The predicted octanol–water partition coefficient (Wildman–Crippen LogP) is 13.4. The van der Waals surface area contributed by atoms with Gasteiger partial charge in [-0.2, -0.15) is 0 Å². The first kappa shape index (κ1) is 27.5. The Labute approximate surface area is 282 Å². The molecule has 0 aliphatic heterocycles. The van der Waals surface area contributed by atoms with Gasteiger partial charge in [0.05, 0.1) is 5.69 Å². The minimum atomic E-state index is 0.855. The van der Waals surface area contributed by atoms with Crippen LogP contribution in [-0.2, 0) is 0 Å². The zero-order chi connectivity index (χ0) is 32.3. The molecule has 0 amide bonds. The molecule has 8 aromatic carbocycles. The zero-order valence-electron chi connectivity index (χ0n) is 26.5. The van der Waals surface area contributed by atoms with Crippen LogP contribution in [0.1, 0.15) is 0 Å². The summed E-state index contributed by atoms with van der Waals surface area (Å²) < 4.78 is 13.1. The molecule has 0 aliphatic carbocycles. The molecule has 10 rings (SSSR count). The van der Waals surface area contributed by atoms with Crippen LogP contribution in [0.2, 0.25) is 0 Å². The van der Waals surface area contributed by atoms with E-state index in [4.69, 9.17) is 8.83 Å². The maximum Gasteiger partial charge on any atom is 0.159 e. The first-order chi connectivity index (χ1) is 24.3. The van der Waals surface area contributed by atoms with E-state index >= 15 is 0 Å². The van der Waals surface area contributed by atoms with Gasteiger partial charge in [-0.3, -0.25) is 0 Å². The number of para-hydroxylation sites is 3. The first-order valence-corrected chi connectivity index (χ1v) is 16.6. The van der Waals surface area contributed by atoms with E-state index in [0.29, 0.717) is 0 Å². The Morgan fingerprint density at radius 2 is 1.02 bits per heavy atom. The number of benzene rings is 8. The molecule has 230 valence electrons. The minimum absolute atomic E-state index is 0.855. The van der Waals surface area contributed by atoms with Gasteiger partial charge >= 0.3 is 0 Å². The molecule has 0 spiro atoms. The molecule has 3 nitrogen and oxygen atoms in total. The Kier molecular flexibility index (Phi) is 6.18. The Morgan fingerprint density at radius 3 is 1.90 bits per heavy atom. The lowest BCUT2D eigenvalue weighted by Gasteiger charge is -2.26. The highest BCUT2D eigenvalue weighted by Crippen LogP contribution is 2.45. The van der Waals surface area contributed by atoms with Crippen LogP contribution in [0.25, 0.3) is 76.9 Å². The van der Waals surface area contributed by atoms with Gasteiger partial charge in [0.1, 0.15) is 16.7 Å². The van der Waals surface area contributed by atoms with Gasteiger partial charge in [0.25, 0.3) is 0 Å². The van der Waals surface area contributed by atoms with E-state index in [1.165, 1.54) is 10.8 Å². The number of anilines is 3. The second-order valence-electron chi connectivity index (χ2n) is 12.5. The third-order valence-electron chi connectivity index (χ3n) is 9.66. The smallest absolute Gasteiger partial charge is 0.159 e. The molecule has 0 aliphatic rings. The Hall–Kier alpha value is -6.58. The van der Waals surface area contributed by atoms with Crippen molar-refractivity contribution in [3.63, 3.8) is 0 Å². The molecular weight excluding hydrogens is 599 g/mol. The minimum Gasteiger partial charge on any atom is -0.456 e. The van der Waals surface area contributed by atoms with E-state index in [9.17, 15) is 0 Å². The second kappa shape index (κ2) is 11.0. The van der Waals surface area contributed by atoms with Gasteiger partial charge in [-0.25, -0.2) is 0 Å². The predicted molar refractivity (Wildman–Crippen MR) is 204 cm³/mol. The van der Waals surface area contributed by atoms with Gasteiger partial charge in [0.15, 0.2) is 5.58 Å².